The molecule has 0 aliphatic heterocycles. The molecule has 0 spiro atoms. The zero-order chi connectivity index (χ0) is 14.7. The maximum atomic E-state index is 9.63. The first-order valence-corrected chi connectivity index (χ1v) is 7.78. The van der Waals surface area contributed by atoms with Gasteiger partial charge >= 0.3 is 0 Å². The van der Waals surface area contributed by atoms with Gasteiger partial charge in [0.15, 0.2) is 0 Å². The molecule has 0 amide bonds. The van der Waals surface area contributed by atoms with Crippen LogP contribution in [-0.2, 0) is 0 Å². The first kappa shape index (κ1) is 14.1. The molecule has 1 aliphatic carbocycles. The van der Waals surface area contributed by atoms with E-state index in [-0.39, 0.29) is 6.04 Å². The molecule has 112 valence electrons. The number of benzene rings is 1. The van der Waals surface area contributed by atoms with Gasteiger partial charge in [0.05, 0.1) is 6.04 Å². The highest BCUT2D eigenvalue weighted by Gasteiger charge is 2.28. The lowest BCUT2D eigenvalue weighted by atomic mass is 9.89. The van der Waals surface area contributed by atoms with Crippen molar-refractivity contribution >= 4 is 0 Å². The van der Waals surface area contributed by atoms with Crippen molar-refractivity contribution in [3.05, 3.63) is 48.3 Å². The Kier molecular flexibility index (Phi) is 4.25. The van der Waals surface area contributed by atoms with E-state index < -0.39 is 0 Å². The third-order valence-electron chi connectivity index (χ3n) is 4.43. The molecule has 1 fully saturated rings. The van der Waals surface area contributed by atoms with Gasteiger partial charge < -0.3 is 10.4 Å². The van der Waals surface area contributed by atoms with Gasteiger partial charge in [-0.2, -0.15) is 5.10 Å². The highest BCUT2D eigenvalue weighted by Crippen LogP contribution is 2.30. The molecule has 4 nitrogen and oxygen atoms in total. The van der Waals surface area contributed by atoms with Crippen LogP contribution in [0.1, 0.15) is 50.3 Å². The summed E-state index contributed by atoms with van der Waals surface area (Å²) in [6, 6.07) is 10.6. The Bertz CT molecular complexity index is 567. The summed E-state index contributed by atoms with van der Waals surface area (Å²) in [5.74, 6) is 0.327. The summed E-state index contributed by atoms with van der Waals surface area (Å²) in [7, 11) is 0. The minimum Gasteiger partial charge on any atom is -0.508 e. The lowest BCUT2D eigenvalue weighted by Crippen LogP contribution is -2.41. The van der Waals surface area contributed by atoms with Crippen LogP contribution in [0.3, 0.4) is 0 Å². The predicted octanol–water partition coefficient (Wildman–Crippen LogP) is 3.42. The van der Waals surface area contributed by atoms with Crippen LogP contribution in [0.25, 0.3) is 0 Å². The van der Waals surface area contributed by atoms with E-state index in [1.165, 1.54) is 25.7 Å². The van der Waals surface area contributed by atoms with Crippen LogP contribution in [0.2, 0.25) is 0 Å². The number of rotatable bonds is 4. The summed E-state index contributed by atoms with van der Waals surface area (Å²) in [6.45, 7) is 2.16. The van der Waals surface area contributed by atoms with Crippen molar-refractivity contribution in [3.63, 3.8) is 0 Å². The van der Waals surface area contributed by atoms with Gasteiger partial charge in [-0.05, 0) is 43.5 Å². The maximum absolute atomic E-state index is 9.63. The van der Waals surface area contributed by atoms with Crippen molar-refractivity contribution in [2.75, 3.05) is 0 Å². The molecule has 0 radical (unpaired) electrons. The van der Waals surface area contributed by atoms with Crippen molar-refractivity contribution in [2.24, 2.45) is 0 Å². The topological polar surface area (TPSA) is 50.1 Å². The predicted molar refractivity (Wildman–Crippen MR) is 83.2 cm³/mol. The molecule has 21 heavy (non-hydrogen) atoms. The number of aromatic hydroxyl groups is 1. The second-order valence-corrected chi connectivity index (χ2v) is 5.93. The molecule has 1 saturated carbocycles. The summed E-state index contributed by atoms with van der Waals surface area (Å²) in [5.41, 5.74) is 1.12. The SMILES string of the molecule is C[C@H](N[C@H]1CCCC[C@@H]1n1cccn1)c1cccc(O)c1. The molecule has 0 saturated heterocycles. The van der Waals surface area contributed by atoms with Crippen LogP contribution >= 0.6 is 0 Å². The molecule has 1 aliphatic rings. The average molecular weight is 285 g/mol. The maximum Gasteiger partial charge on any atom is 0.115 e. The molecule has 0 unspecified atom stereocenters. The number of aromatic nitrogens is 2. The molecule has 4 heteroatoms. The monoisotopic (exact) mass is 285 g/mol. The van der Waals surface area contributed by atoms with Gasteiger partial charge in [0.1, 0.15) is 5.75 Å². The fraction of sp³-hybridized carbons (Fsp3) is 0.471. The molecular formula is C17H23N3O. The second kappa shape index (κ2) is 6.31. The summed E-state index contributed by atoms with van der Waals surface area (Å²) in [6.07, 6.45) is 8.79. The molecule has 2 N–H and O–H groups in total. The quantitative estimate of drug-likeness (QED) is 0.905. The van der Waals surface area contributed by atoms with E-state index in [9.17, 15) is 5.11 Å². The highest BCUT2D eigenvalue weighted by molar-refractivity contribution is 5.29. The van der Waals surface area contributed by atoms with Gasteiger partial charge in [0.2, 0.25) is 0 Å². The number of hydrogen-bond donors (Lipinski definition) is 2. The number of hydrogen-bond acceptors (Lipinski definition) is 3. The van der Waals surface area contributed by atoms with Crippen LogP contribution in [0.5, 0.6) is 5.75 Å². The zero-order valence-electron chi connectivity index (χ0n) is 12.4. The smallest absolute Gasteiger partial charge is 0.115 e. The molecule has 1 aromatic carbocycles. The molecule has 0 bridgehead atoms. The minimum absolute atomic E-state index is 0.221. The van der Waals surface area contributed by atoms with Gasteiger partial charge in [0, 0.05) is 24.5 Å². The fourth-order valence-electron chi connectivity index (χ4n) is 3.31. The minimum atomic E-state index is 0.221. The normalized spacial score (nSPS) is 23.9. The Morgan fingerprint density at radius 2 is 2.14 bits per heavy atom. The van der Waals surface area contributed by atoms with Crippen molar-refractivity contribution in [2.45, 2.75) is 50.7 Å². The molecule has 1 heterocycles. The lowest BCUT2D eigenvalue weighted by Gasteiger charge is -2.34. The highest BCUT2D eigenvalue weighted by atomic mass is 16.3. The summed E-state index contributed by atoms with van der Waals surface area (Å²) in [4.78, 5) is 0. The molecular weight excluding hydrogens is 262 g/mol. The Hall–Kier alpha value is -1.81. The summed E-state index contributed by atoms with van der Waals surface area (Å²) >= 11 is 0. The Labute approximate surface area is 125 Å². The van der Waals surface area contributed by atoms with E-state index in [1.807, 2.05) is 24.4 Å². The number of phenols is 1. The zero-order valence-corrected chi connectivity index (χ0v) is 12.4. The molecule has 1 aromatic heterocycles. The van der Waals surface area contributed by atoms with Gasteiger partial charge in [-0.1, -0.05) is 25.0 Å². The average Bonchev–Trinajstić information content (AvgIpc) is 3.02. The Morgan fingerprint density at radius 1 is 1.29 bits per heavy atom. The van der Waals surface area contributed by atoms with E-state index in [2.05, 4.69) is 34.3 Å². The van der Waals surface area contributed by atoms with E-state index in [4.69, 9.17) is 0 Å². The van der Waals surface area contributed by atoms with E-state index in [0.29, 0.717) is 17.8 Å². The standard InChI is InChI=1S/C17H23N3O/c1-13(14-6-4-7-15(21)12-14)19-16-8-2-3-9-17(16)20-11-5-10-18-20/h4-7,10-13,16-17,19,21H,2-3,8-9H2,1H3/t13-,16-,17-/m0/s1. The van der Waals surface area contributed by atoms with Crippen LogP contribution < -0.4 is 5.32 Å². The Morgan fingerprint density at radius 3 is 2.90 bits per heavy atom. The largest absolute Gasteiger partial charge is 0.508 e. The van der Waals surface area contributed by atoms with Crippen LogP contribution in [0.4, 0.5) is 0 Å². The van der Waals surface area contributed by atoms with Crippen LogP contribution in [-0.4, -0.2) is 20.9 Å². The van der Waals surface area contributed by atoms with Crippen molar-refractivity contribution in [3.8, 4) is 5.75 Å². The third-order valence-corrected chi connectivity index (χ3v) is 4.43. The number of nitrogens with one attached hydrogen (secondary N) is 1. The second-order valence-electron chi connectivity index (χ2n) is 5.93. The number of nitrogens with zero attached hydrogens (tertiary/aromatic N) is 2. The van der Waals surface area contributed by atoms with Crippen molar-refractivity contribution in [1.82, 2.24) is 15.1 Å². The number of phenolic OH excluding ortho intramolecular Hbond substituents is 1. The van der Waals surface area contributed by atoms with Crippen LogP contribution in [0.15, 0.2) is 42.7 Å². The summed E-state index contributed by atoms with van der Waals surface area (Å²) in [5, 5.41) is 17.8. The van der Waals surface area contributed by atoms with Gasteiger partial charge in [-0.15, -0.1) is 0 Å². The lowest BCUT2D eigenvalue weighted by molar-refractivity contribution is 0.233. The van der Waals surface area contributed by atoms with Crippen molar-refractivity contribution < 1.29 is 5.11 Å². The van der Waals surface area contributed by atoms with Crippen molar-refractivity contribution in [1.29, 1.82) is 0 Å². The molecule has 2 aromatic rings. The third kappa shape index (κ3) is 3.27. The van der Waals surface area contributed by atoms with E-state index >= 15 is 0 Å². The first-order valence-electron chi connectivity index (χ1n) is 7.78. The van der Waals surface area contributed by atoms with Gasteiger partial charge in [-0.25, -0.2) is 0 Å². The van der Waals surface area contributed by atoms with Crippen LogP contribution in [0, 0.1) is 0 Å². The molecule has 3 atom stereocenters. The van der Waals surface area contributed by atoms with Gasteiger partial charge in [-0.3, -0.25) is 4.68 Å². The molecule has 3 rings (SSSR count). The van der Waals surface area contributed by atoms with Gasteiger partial charge in [0.25, 0.3) is 0 Å². The first-order chi connectivity index (χ1) is 10.2. The van der Waals surface area contributed by atoms with E-state index in [0.717, 1.165) is 5.56 Å². The summed E-state index contributed by atoms with van der Waals surface area (Å²) < 4.78 is 2.09. The fourth-order valence-corrected chi connectivity index (χ4v) is 3.31. The Balaban J connectivity index is 1.72. The van der Waals surface area contributed by atoms with E-state index in [1.54, 1.807) is 6.07 Å².